The Labute approximate surface area is 127 Å². The molecule has 0 radical (unpaired) electrons. The Balaban J connectivity index is 2.06. The maximum atomic E-state index is 12.1. The number of hydrazone groups is 1. The number of H-pyrrole nitrogens is 1. The first kappa shape index (κ1) is 14.2. The minimum absolute atomic E-state index is 0.262. The lowest BCUT2D eigenvalue weighted by Gasteiger charge is -2.01. The summed E-state index contributed by atoms with van der Waals surface area (Å²) >= 11 is 0. The summed E-state index contributed by atoms with van der Waals surface area (Å²) in [6.07, 6.45) is 6.49. The third kappa shape index (κ3) is 2.31. The van der Waals surface area contributed by atoms with Gasteiger partial charge in [-0.2, -0.15) is 5.10 Å². The van der Waals surface area contributed by atoms with E-state index in [9.17, 15) is 4.79 Å². The number of rotatable bonds is 3. The monoisotopic (exact) mass is 296 g/mol. The van der Waals surface area contributed by atoms with Crippen LogP contribution in [0, 0.1) is 13.8 Å². The molecule has 7 heteroatoms. The Morgan fingerprint density at radius 1 is 1.32 bits per heavy atom. The van der Waals surface area contributed by atoms with E-state index in [1.165, 1.54) is 0 Å². The lowest BCUT2D eigenvalue weighted by Crippen LogP contribution is -2.14. The van der Waals surface area contributed by atoms with Gasteiger partial charge < -0.3 is 10.7 Å². The quantitative estimate of drug-likeness (QED) is 0.728. The van der Waals surface area contributed by atoms with E-state index in [0.29, 0.717) is 23.5 Å². The van der Waals surface area contributed by atoms with Crippen molar-refractivity contribution in [2.75, 3.05) is 0 Å². The normalized spacial score (nSPS) is 16.0. The molecule has 0 atom stereocenters. The molecule has 0 saturated heterocycles. The first-order valence-electron chi connectivity index (χ1n) is 6.86. The topological polar surface area (TPSA) is 109 Å². The van der Waals surface area contributed by atoms with E-state index in [2.05, 4.69) is 25.5 Å². The highest BCUT2D eigenvalue weighted by atomic mass is 16.2. The number of aromatic amines is 1. The van der Waals surface area contributed by atoms with E-state index in [4.69, 9.17) is 5.73 Å². The molecule has 0 saturated carbocycles. The maximum absolute atomic E-state index is 12.1. The van der Waals surface area contributed by atoms with Crippen molar-refractivity contribution in [1.82, 2.24) is 20.4 Å². The van der Waals surface area contributed by atoms with Crippen LogP contribution in [0.2, 0.25) is 0 Å². The Morgan fingerprint density at radius 2 is 2.14 bits per heavy atom. The smallest absolute Gasteiger partial charge is 0.273 e. The number of hydrogen-bond donors (Lipinski definition) is 3. The number of aromatic nitrogens is 3. The van der Waals surface area contributed by atoms with Crippen LogP contribution >= 0.6 is 0 Å². The van der Waals surface area contributed by atoms with Gasteiger partial charge in [-0.3, -0.25) is 14.8 Å². The fraction of sp³-hybridized carbons (Fsp3) is 0.200. The summed E-state index contributed by atoms with van der Waals surface area (Å²) in [5.41, 5.74) is 13.7. The number of nitrogens with two attached hydrogens (primary N) is 1. The number of hydrogen-bond acceptors (Lipinski definition) is 5. The molecule has 2 aromatic rings. The molecule has 7 nitrogen and oxygen atoms in total. The molecule has 22 heavy (non-hydrogen) atoms. The summed E-state index contributed by atoms with van der Waals surface area (Å²) in [6.45, 7) is 4.39. The molecule has 2 aromatic heterocycles. The molecule has 1 aliphatic rings. The summed E-state index contributed by atoms with van der Waals surface area (Å²) in [4.78, 5) is 23.5. The molecule has 0 unspecified atom stereocenters. The van der Waals surface area contributed by atoms with Gasteiger partial charge in [-0.1, -0.05) is 0 Å². The van der Waals surface area contributed by atoms with Crippen molar-refractivity contribution in [2.45, 2.75) is 20.4 Å². The van der Waals surface area contributed by atoms with Gasteiger partial charge >= 0.3 is 0 Å². The van der Waals surface area contributed by atoms with Crippen molar-refractivity contribution in [1.29, 1.82) is 0 Å². The van der Waals surface area contributed by atoms with E-state index in [0.717, 1.165) is 22.5 Å². The highest BCUT2D eigenvalue weighted by Crippen LogP contribution is 2.22. The molecule has 0 spiro atoms. The lowest BCUT2D eigenvalue weighted by molar-refractivity contribution is -0.116. The molecular formula is C15H16N6O. The standard InChI is InChI=1S/C15H16N6O/c1-8-11(6-16)9(2)19-12(8)5-10-14(20-21-15(10)22)13-7-17-3-4-18-13/h3-5,7,19H,6,16H2,1-2H3,(H,21,22)/b10-5+. The highest BCUT2D eigenvalue weighted by Gasteiger charge is 2.25. The molecular weight excluding hydrogens is 280 g/mol. The third-order valence-electron chi connectivity index (χ3n) is 3.70. The van der Waals surface area contributed by atoms with Crippen molar-refractivity contribution in [3.8, 4) is 0 Å². The van der Waals surface area contributed by atoms with Crippen molar-refractivity contribution in [3.05, 3.63) is 52.4 Å². The summed E-state index contributed by atoms with van der Waals surface area (Å²) in [6, 6.07) is 0. The largest absolute Gasteiger partial charge is 0.359 e. The summed E-state index contributed by atoms with van der Waals surface area (Å²) in [7, 11) is 0. The van der Waals surface area contributed by atoms with Crippen LogP contribution in [-0.4, -0.2) is 26.6 Å². The van der Waals surface area contributed by atoms with Crippen LogP contribution in [0.25, 0.3) is 6.08 Å². The van der Waals surface area contributed by atoms with Crippen molar-refractivity contribution < 1.29 is 4.79 Å². The zero-order chi connectivity index (χ0) is 15.7. The molecule has 4 N–H and O–H groups in total. The molecule has 0 aliphatic carbocycles. The molecule has 1 aliphatic heterocycles. The van der Waals surface area contributed by atoms with Crippen LogP contribution < -0.4 is 11.2 Å². The van der Waals surface area contributed by atoms with Gasteiger partial charge in [-0.05, 0) is 31.1 Å². The average Bonchev–Trinajstić information content (AvgIpc) is 3.01. The molecule has 1 amide bonds. The van der Waals surface area contributed by atoms with Crippen LogP contribution in [0.1, 0.15) is 28.2 Å². The minimum Gasteiger partial charge on any atom is -0.359 e. The summed E-state index contributed by atoms with van der Waals surface area (Å²) in [5.74, 6) is -0.262. The summed E-state index contributed by atoms with van der Waals surface area (Å²) < 4.78 is 0. The first-order valence-corrected chi connectivity index (χ1v) is 6.86. The number of nitrogens with zero attached hydrogens (tertiary/aromatic N) is 3. The zero-order valence-electron chi connectivity index (χ0n) is 12.3. The summed E-state index contributed by atoms with van der Waals surface area (Å²) in [5, 5.41) is 4.05. The van der Waals surface area contributed by atoms with E-state index >= 15 is 0 Å². The van der Waals surface area contributed by atoms with Gasteiger partial charge in [0.15, 0.2) is 0 Å². The predicted octanol–water partition coefficient (Wildman–Crippen LogP) is 0.798. The van der Waals surface area contributed by atoms with Crippen LogP contribution in [0.4, 0.5) is 0 Å². The fourth-order valence-corrected chi connectivity index (χ4v) is 2.50. The molecule has 0 bridgehead atoms. The van der Waals surface area contributed by atoms with E-state index in [1.807, 2.05) is 13.8 Å². The van der Waals surface area contributed by atoms with Gasteiger partial charge in [0.1, 0.15) is 11.4 Å². The van der Waals surface area contributed by atoms with Crippen LogP contribution in [-0.2, 0) is 11.3 Å². The second-order valence-electron chi connectivity index (χ2n) is 5.02. The first-order chi connectivity index (χ1) is 10.6. The Bertz CT molecular complexity index is 788. The Morgan fingerprint density at radius 3 is 2.77 bits per heavy atom. The van der Waals surface area contributed by atoms with Crippen LogP contribution in [0.3, 0.4) is 0 Å². The molecule has 3 rings (SSSR count). The van der Waals surface area contributed by atoms with Gasteiger partial charge in [-0.25, -0.2) is 5.43 Å². The van der Waals surface area contributed by atoms with Gasteiger partial charge in [0.2, 0.25) is 0 Å². The number of amides is 1. The maximum Gasteiger partial charge on any atom is 0.273 e. The second-order valence-corrected chi connectivity index (χ2v) is 5.02. The van der Waals surface area contributed by atoms with Crippen molar-refractivity contribution >= 4 is 17.7 Å². The van der Waals surface area contributed by atoms with Gasteiger partial charge in [0.05, 0.1) is 11.8 Å². The Hall–Kier alpha value is -2.80. The molecule has 112 valence electrons. The molecule has 3 heterocycles. The number of nitrogens with one attached hydrogen (secondary N) is 2. The number of carbonyl (C=O) groups excluding carboxylic acids is 1. The minimum atomic E-state index is -0.262. The SMILES string of the molecule is Cc1[nH]c(/C=C2/C(=O)NN=C2c2cnccn2)c(C)c1CN. The molecule has 0 aromatic carbocycles. The van der Waals surface area contributed by atoms with Crippen LogP contribution in [0.5, 0.6) is 0 Å². The van der Waals surface area contributed by atoms with E-state index < -0.39 is 0 Å². The fourth-order valence-electron chi connectivity index (χ4n) is 2.50. The Kier molecular flexibility index (Phi) is 3.56. The van der Waals surface area contributed by atoms with Gasteiger partial charge in [0, 0.05) is 30.3 Å². The van der Waals surface area contributed by atoms with E-state index in [-0.39, 0.29) is 5.91 Å². The molecule has 0 fully saturated rings. The number of carbonyl (C=O) groups is 1. The second kappa shape index (κ2) is 5.53. The van der Waals surface area contributed by atoms with Gasteiger partial charge in [0.25, 0.3) is 5.91 Å². The number of aryl methyl sites for hydroxylation is 1. The average molecular weight is 296 g/mol. The predicted molar refractivity (Wildman–Crippen MR) is 82.8 cm³/mol. The van der Waals surface area contributed by atoms with E-state index in [1.54, 1.807) is 24.7 Å². The zero-order valence-corrected chi connectivity index (χ0v) is 12.3. The third-order valence-corrected chi connectivity index (χ3v) is 3.70. The lowest BCUT2D eigenvalue weighted by atomic mass is 10.0. The highest BCUT2D eigenvalue weighted by molar-refractivity contribution is 6.32. The van der Waals surface area contributed by atoms with Crippen molar-refractivity contribution in [2.24, 2.45) is 10.8 Å². The van der Waals surface area contributed by atoms with Crippen LogP contribution in [0.15, 0.2) is 29.3 Å². The van der Waals surface area contributed by atoms with Crippen molar-refractivity contribution in [3.63, 3.8) is 0 Å². The van der Waals surface area contributed by atoms with Gasteiger partial charge in [-0.15, -0.1) is 0 Å².